The van der Waals surface area contributed by atoms with Crippen molar-refractivity contribution >= 4 is 0 Å². The van der Waals surface area contributed by atoms with E-state index in [0.717, 1.165) is 0 Å². The van der Waals surface area contributed by atoms with Crippen LogP contribution in [0.25, 0.3) is 0 Å². The van der Waals surface area contributed by atoms with Crippen molar-refractivity contribution in [1.29, 1.82) is 0 Å². The molecule has 0 rings (SSSR count). The molecule has 0 aromatic heterocycles. The Morgan fingerprint density at radius 3 is 2.00 bits per heavy atom. The number of unbranched alkanes of at least 4 members (excludes halogenated alkanes) is 2. The van der Waals surface area contributed by atoms with Crippen LogP contribution < -0.4 is 30.1 Å². The lowest BCUT2D eigenvalue weighted by Crippen LogP contribution is -3.00. The number of halogens is 2. The summed E-state index contributed by atoms with van der Waals surface area (Å²) < 4.78 is 0. The van der Waals surface area contributed by atoms with Crippen molar-refractivity contribution in [3.63, 3.8) is 0 Å². The van der Waals surface area contributed by atoms with E-state index in [1.165, 1.54) is 32.4 Å². The number of hydrogen-bond acceptors (Lipinski definition) is 0. The topological polar surface area (TPSA) is 16.6 Å². The van der Waals surface area contributed by atoms with Crippen molar-refractivity contribution in [2.75, 3.05) is 13.1 Å². The molecular formula is C7H18Cl2N-. The SMILES string of the molecule is CCCCC[NH2+]CC.[Cl-].[Cl-]. The standard InChI is InChI=1S/C7H17N.2ClH/c1-3-5-6-7-8-4-2;;/h8H,3-7H2,1-2H3;2*1H/p-1. The summed E-state index contributed by atoms with van der Waals surface area (Å²) in [4.78, 5) is 0. The summed E-state index contributed by atoms with van der Waals surface area (Å²) >= 11 is 0. The quantitative estimate of drug-likeness (QED) is 0.414. The fourth-order valence-corrected chi connectivity index (χ4v) is 0.743. The average molecular weight is 187 g/mol. The highest BCUT2D eigenvalue weighted by atomic mass is 35.5. The van der Waals surface area contributed by atoms with Gasteiger partial charge in [-0.3, -0.25) is 0 Å². The van der Waals surface area contributed by atoms with E-state index >= 15 is 0 Å². The third-order valence-electron chi connectivity index (χ3n) is 1.30. The van der Waals surface area contributed by atoms with E-state index in [0.29, 0.717) is 0 Å². The number of quaternary nitrogens is 1. The van der Waals surface area contributed by atoms with E-state index in [1.54, 1.807) is 0 Å². The lowest BCUT2D eigenvalue weighted by molar-refractivity contribution is -0.652. The van der Waals surface area contributed by atoms with Crippen LogP contribution >= 0.6 is 0 Å². The molecule has 0 atom stereocenters. The maximum atomic E-state index is 2.36. The van der Waals surface area contributed by atoms with Crippen LogP contribution in [-0.2, 0) is 0 Å². The van der Waals surface area contributed by atoms with E-state index in [-0.39, 0.29) is 24.8 Å². The zero-order chi connectivity index (χ0) is 6.24. The van der Waals surface area contributed by atoms with Crippen molar-refractivity contribution in [3.8, 4) is 0 Å². The molecule has 10 heavy (non-hydrogen) atoms. The minimum absolute atomic E-state index is 0. The molecule has 0 unspecified atom stereocenters. The van der Waals surface area contributed by atoms with Gasteiger partial charge in [-0.1, -0.05) is 13.3 Å². The van der Waals surface area contributed by atoms with E-state index in [1.807, 2.05) is 0 Å². The van der Waals surface area contributed by atoms with Gasteiger partial charge in [-0.05, 0) is 19.8 Å². The van der Waals surface area contributed by atoms with Gasteiger partial charge in [-0.15, -0.1) is 0 Å². The largest absolute Gasteiger partial charge is 1.00 e. The van der Waals surface area contributed by atoms with Gasteiger partial charge in [-0.25, -0.2) is 0 Å². The number of nitrogens with two attached hydrogens (primary N) is 1. The molecule has 0 heterocycles. The van der Waals surface area contributed by atoms with Crippen molar-refractivity contribution in [3.05, 3.63) is 0 Å². The maximum Gasteiger partial charge on any atom is 0.0755 e. The van der Waals surface area contributed by atoms with Crippen molar-refractivity contribution in [1.82, 2.24) is 0 Å². The second-order valence-corrected chi connectivity index (χ2v) is 2.19. The summed E-state index contributed by atoms with van der Waals surface area (Å²) in [5, 5.41) is 2.36. The molecule has 1 nitrogen and oxygen atoms in total. The minimum Gasteiger partial charge on any atom is -1.00 e. The molecule has 0 amide bonds. The molecule has 0 saturated heterocycles. The Morgan fingerprint density at radius 2 is 1.60 bits per heavy atom. The third-order valence-corrected chi connectivity index (χ3v) is 1.30. The van der Waals surface area contributed by atoms with Crippen LogP contribution in [0.15, 0.2) is 0 Å². The van der Waals surface area contributed by atoms with Gasteiger partial charge in [0, 0.05) is 0 Å². The monoisotopic (exact) mass is 186 g/mol. The summed E-state index contributed by atoms with van der Waals surface area (Å²) in [6.07, 6.45) is 4.14. The van der Waals surface area contributed by atoms with E-state index < -0.39 is 0 Å². The Labute approximate surface area is 76.8 Å². The lowest BCUT2D eigenvalue weighted by atomic mass is 10.2. The van der Waals surface area contributed by atoms with Crippen molar-refractivity contribution in [2.24, 2.45) is 0 Å². The van der Waals surface area contributed by atoms with Crippen molar-refractivity contribution < 1.29 is 30.1 Å². The first-order chi connectivity index (χ1) is 3.91. The number of hydrogen-bond donors (Lipinski definition) is 1. The molecule has 0 aromatic rings. The molecule has 2 N–H and O–H groups in total. The Hall–Kier alpha value is 0.540. The first kappa shape index (κ1) is 16.9. The second kappa shape index (κ2) is 16.3. The molecule has 0 fully saturated rings. The first-order valence-electron chi connectivity index (χ1n) is 3.73. The highest BCUT2D eigenvalue weighted by Crippen LogP contribution is 1.88. The predicted octanol–water partition coefficient (Wildman–Crippen LogP) is -5.23. The van der Waals surface area contributed by atoms with Gasteiger partial charge >= 0.3 is 0 Å². The van der Waals surface area contributed by atoms with Gasteiger partial charge in [0.1, 0.15) is 0 Å². The Bertz CT molecular complexity index is 36.6. The molecule has 3 heteroatoms. The Morgan fingerprint density at radius 1 is 1.00 bits per heavy atom. The van der Waals surface area contributed by atoms with E-state index in [4.69, 9.17) is 0 Å². The molecular weight excluding hydrogens is 169 g/mol. The minimum atomic E-state index is 0. The van der Waals surface area contributed by atoms with Gasteiger partial charge in [0.25, 0.3) is 0 Å². The maximum absolute atomic E-state index is 2.36. The van der Waals surface area contributed by atoms with Crippen LogP contribution in [0.4, 0.5) is 0 Å². The van der Waals surface area contributed by atoms with E-state index in [2.05, 4.69) is 19.2 Å². The molecule has 0 saturated carbocycles. The summed E-state index contributed by atoms with van der Waals surface area (Å²) in [5.74, 6) is 0. The summed E-state index contributed by atoms with van der Waals surface area (Å²) in [6.45, 7) is 7.01. The second-order valence-electron chi connectivity index (χ2n) is 2.19. The molecule has 0 aromatic carbocycles. The molecule has 66 valence electrons. The predicted molar refractivity (Wildman–Crippen MR) is 36.9 cm³/mol. The molecule has 0 radical (unpaired) electrons. The number of rotatable bonds is 5. The molecule has 0 aliphatic rings. The summed E-state index contributed by atoms with van der Waals surface area (Å²) in [6, 6.07) is 0. The molecule has 0 aliphatic heterocycles. The molecule has 0 bridgehead atoms. The molecule has 0 spiro atoms. The fraction of sp³-hybridized carbons (Fsp3) is 1.00. The van der Waals surface area contributed by atoms with Gasteiger partial charge in [0.05, 0.1) is 13.1 Å². The zero-order valence-corrected chi connectivity index (χ0v) is 8.38. The van der Waals surface area contributed by atoms with Crippen LogP contribution in [0.5, 0.6) is 0 Å². The Kier molecular flexibility index (Phi) is 27.4. The lowest BCUT2D eigenvalue weighted by Gasteiger charge is -1.94. The Balaban J connectivity index is -0.000000245. The highest BCUT2D eigenvalue weighted by Gasteiger charge is 1.84. The van der Waals surface area contributed by atoms with Gasteiger partial charge < -0.3 is 30.1 Å². The molecule has 0 aliphatic carbocycles. The summed E-state index contributed by atoms with van der Waals surface area (Å²) in [5.41, 5.74) is 0. The smallest absolute Gasteiger partial charge is 0.0755 e. The van der Waals surface area contributed by atoms with Crippen LogP contribution in [-0.4, -0.2) is 13.1 Å². The first-order valence-corrected chi connectivity index (χ1v) is 3.73. The van der Waals surface area contributed by atoms with Gasteiger partial charge in [-0.2, -0.15) is 0 Å². The third kappa shape index (κ3) is 15.8. The van der Waals surface area contributed by atoms with Crippen LogP contribution in [0, 0.1) is 0 Å². The zero-order valence-electron chi connectivity index (χ0n) is 6.87. The van der Waals surface area contributed by atoms with Crippen LogP contribution in [0.3, 0.4) is 0 Å². The van der Waals surface area contributed by atoms with Crippen LogP contribution in [0.2, 0.25) is 0 Å². The van der Waals surface area contributed by atoms with Crippen molar-refractivity contribution in [2.45, 2.75) is 33.1 Å². The average Bonchev–Trinajstić information content (AvgIpc) is 1.81. The normalized spacial score (nSPS) is 7.80. The van der Waals surface area contributed by atoms with Gasteiger partial charge in [0.15, 0.2) is 0 Å². The summed E-state index contributed by atoms with van der Waals surface area (Å²) in [7, 11) is 0. The van der Waals surface area contributed by atoms with E-state index in [9.17, 15) is 0 Å². The fourth-order valence-electron chi connectivity index (χ4n) is 0.743. The van der Waals surface area contributed by atoms with Crippen LogP contribution in [0.1, 0.15) is 33.1 Å². The van der Waals surface area contributed by atoms with Gasteiger partial charge in [0.2, 0.25) is 0 Å². The highest BCUT2D eigenvalue weighted by molar-refractivity contribution is 4.31.